The molecule has 0 aromatic heterocycles. The van der Waals surface area contributed by atoms with Gasteiger partial charge in [-0.2, -0.15) is 0 Å². The zero-order chi connectivity index (χ0) is 24.0. The van der Waals surface area contributed by atoms with E-state index in [9.17, 15) is 4.79 Å². The number of nitrogens with one attached hydrogen (secondary N) is 1. The molecule has 0 radical (unpaired) electrons. The Hall–Kier alpha value is -2.69. The molecule has 2 fully saturated rings. The molecule has 4 heteroatoms. The summed E-state index contributed by atoms with van der Waals surface area (Å²) in [5.41, 5.74) is 3.90. The van der Waals surface area contributed by atoms with Gasteiger partial charge in [0.2, 0.25) is 5.91 Å². The van der Waals surface area contributed by atoms with Crippen LogP contribution in [0.25, 0.3) is 10.8 Å². The number of carbonyl (C=O) groups is 1. The summed E-state index contributed by atoms with van der Waals surface area (Å²) in [4.78, 5) is 18.1. The molecule has 2 atom stereocenters. The molecule has 2 heterocycles. The Balaban J connectivity index is 1.14. The van der Waals surface area contributed by atoms with Gasteiger partial charge in [-0.1, -0.05) is 73.7 Å². The highest BCUT2D eigenvalue weighted by molar-refractivity contribution is 5.85. The zero-order valence-corrected chi connectivity index (χ0v) is 21.1. The lowest BCUT2D eigenvalue weighted by atomic mass is 9.96. The highest BCUT2D eigenvalue weighted by Crippen LogP contribution is 2.24. The van der Waals surface area contributed by atoms with E-state index < -0.39 is 0 Å². The van der Waals surface area contributed by atoms with E-state index in [1.807, 2.05) is 0 Å². The van der Waals surface area contributed by atoms with Crippen molar-refractivity contribution < 1.29 is 4.79 Å². The van der Waals surface area contributed by atoms with Crippen molar-refractivity contribution in [2.45, 2.75) is 52.2 Å². The topological polar surface area (TPSA) is 35.6 Å². The van der Waals surface area contributed by atoms with Gasteiger partial charge in [-0.15, -0.1) is 0 Å². The average Bonchev–Trinajstić information content (AvgIpc) is 2.88. The van der Waals surface area contributed by atoms with E-state index in [4.69, 9.17) is 0 Å². The molecule has 3 aromatic rings. The third kappa shape index (κ3) is 6.31. The monoisotopic (exact) mass is 469 g/mol. The summed E-state index contributed by atoms with van der Waals surface area (Å²) in [6.45, 7) is 9.17. The maximum absolute atomic E-state index is 13.1. The first-order chi connectivity index (χ1) is 17.1. The Labute approximate surface area is 210 Å². The van der Waals surface area contributed by atoms with Gasteiger partial charge in [0.05, 0.1) is 5.92 Å². The second kappa shape index (κ2) is 11.4. The molecule has 2 aliphatic heterocycles. The summed E-state index contributed by atoms with van der Waals surface area (Å²) < 4.78 is 0. The van der Waals surface area contributed by atoms with E-state index in [0.29, 0.717) is 6.54 Å². The lowest BCUT2D eigenvalue weighted by molar-refractivity contribution is -0.126. The molecule has 35 heavy (non-hydrogen) atoms. The number of amides is 1. The van der Waals surface area contributed by atoms with Crippen molar-refractivity contribution in [3.8, 4) is 0 Å². The van der Waals surface area contributed by atoms with Crippen LogP contribution in [0.5, 0.6) is 0 Å². The van der Waals surface area contributed by atoms with Crippen LogP contribution in [0.1, 0.15) is 49.3 Å². The highest BCUT2D eigenvalue weighted by atomic mass is 16.1. The molecule has 0 spiro atoms. The van der Waals surface area contributed by atoms with Crippen molar-refractivity contribution >= 4 is 16.7 Å². The summed E-state index contributed by atoms with van der Waals surface area (Å²) >= 11 is 0. The fourth-order valence-electron chi connectivity index (χ4n) is 5.94. The van der Waals surface area contributed by atoms with Crippen LogP contribution in [0.2, 0.25) is 0 Å². The summed E-state index contributed by atoms with van der Waals surface area (Å²) in [5, 5.41) is 5.85. The molecule has 2 saturated heterocycles. The average molecular weight is 470 g/mol. The third-order valence-corrected chi connectivity index (χ3v) is 7.76. The number of fused-ring (bicyclic) bond motifs is 1. The summed E-state index contributed by atoms with van der Waals surface area (Å²) in [5.74, 6) is 1.06. The molecule has 2 aliphatic rings. The minimum absolute atomic E-state index is 0.0664. The molecule has 0 saturated carbocycles. The summed E-state index contributed by atoms with van der Waals surface area (Å²) in [6.07, 6.45) is 4.70. The van der Waals surface area contributed by atoms with Crippen LogP contribution in [-0.4, -0.2) is 41.9 Å². The fourth-order valence-corrected chi connectivity index (χ4v) is 5.94. The van der Waals surface area contributed by atoms with Gasteiger partial charge in [0, 0.05) is 32.7 Å². The number of benzene rings is 3. The fraction of sp³-hybridized carbons (Fsp3) is 0.452. The maximum atomic E-state index is 13.1. The van der Waals surface area contributed by atoms with Crippen molar-refractivity contribution in [1.82, 2.24) is 15.1 Å². The van der Waals surface area contributed by atoms with Crippen LogP contribution in [0, 0.1) is 11.8 Å². The summed E-state index contributed by atoms with van der Waals surface area (Å²) in [6, 6.07) is 23.9. The van der Waals surface area contributed by atoms with Crippen LogP contribution < -0.4 is 5.32 Å². The molecule has 1 amide bonds. The second-order valence-corrected chi connectivity index (χ2v) is 10.7. The second-order valence-electron chi connectivity index (χ2n) is 10.7. The number of rotatable bonds is 7. The van der Waals surface area contributed by atoms with E-state index in [-0.39, 0.29) is 11.8 Å². The van der Waals surface area contributed by atoms with E-state index in [2.05, 4.69) is 88.8 Å². The standard InChI is InChI=1S/C31H39N3O/c1-24-8-6-16-33(20-24)21-26-10-4-9-25(18-26)19-32-31(35)29-14-7-17-34(23-29)22-28-13-5-12-27-11-2-3-15-30(27)28/h2-5,9-13,15,18,24,29H,6-8,14,16-17,19-23H2,1H3,(H,32,35). The SMILES string of the molecule is CC1CCCN(Cc2cccc(CNC(=O)C3CCCN(Cc4cccc5ccccc45)C3)c2)C1. The zero-order valence-electron chi connectivity index (χ0n) is 21.1. The Morgan fingerprint density at radius 3 is 2.49 bits per heavy atom. The smallest absolute Gasteiger partial charge is 0.224 e. The van der Waals surface area contributed by atoms with Crippen LogP contribution in [0.4, 0.5) is 0 Å². The summed E-state index contributed by atoms with van der Waals surface area (Å²) in [7, 11) is 0. The molecule has 1 N–H and O–H groups in total. The van der Waals surface area contributed by atoms with Gasteiger partial charge in [-0.05, 0) is 72.2 Å². The van der Waals surface area contributed by atoms with Crippen molar-refractivity contribution in [2.24, 2.45) is 11.8 Å². The van der Waals surface area contributed by atoms with Gasteiger partial charge in [-0.3, -0.25) is 14.6 Å². The number of carbonyl (C=O) groups excluding carboxylic acids is 1. The Bertz CT molecular complexity index is 1140. The number of hydrogen-bond acceptors (Lipinski definition) is 3. The minimum atomic E-state index is 0.0664. The van der Waals surface area contributed by atoms with Crippen molar-refractivity contribution in [3.05, 3.63) is 83.4 Å². The lowest BCUT2D eigenvalue weighted by Crippen LogP contribution is -2.42. The van der Waals surface area contributed by atoms with E-state index >= 15 is 0 Å². The number of likely N-dealkylation sites (tertiary alicyclic amines) is 2. The molecule has 2 unspecified atom stereocenters. The van der Waals surface area contributed by atoms with Gasteiger partial charge in [0.15, 0.2) is 0 Å². The Morgan fingerprint density at radius 1 is 0.857 bits per heavy atom. The van der Waals surface area contributed by atoms with Crippen molar-refractivity contribution in [1.29, 1.82) is 0 Å². The van der Waals surface area contributed by atoms with Gasteiger partial charge >= 0.3 is 0 Å². The Kier molecular flexibility index (Phi) is 7.80. The van der Waals surface area contributed by atoms with Gasteiger partial charge in [0.1, 0.15) is 0 Å². The van der Waals surface area contributed by atoms with Gasteiger partial charge in [-0.25, -0.2) is 0 Å². The molecule has 3 aromatic carbocycles. The first-order valence-corrected chi connectivity index (χ1v) is 13.4. The lowest BCUT2D eigenvalue weighted by Gasteiger charge is -2.32. The largest absolute Gasteiger partial charge is 0.352 e. The normalized spacial score (nSPS) is 21.7. The highest BCUT2D eigenvalue weighted by Gasteiger charge is 2.26. The molecule has 0 bridgehead atoms. The Morgan fingerprint density at radius 2 is 1.60 bits per heavy atom. The predicted octanol–water partition coefficient (Wildman–Crippen LogP) is 5.60. The van der Waals surface area contributed by atoms with Crippen LogP contribution in [0.15, 0.2) is 66.7 Å². The van der Waals surface area contributed by atoms with Crippen LogP contribution in [-0.2, 0) is 24.4 Å². The number of nitrogens with zero attached hydrogens (tertiary/aromatic N) is 2. The molecule has 184 valence electrons. The molecule has 5 rings (SSSR count). The van der Waals surface area contributed by atoms with E-state index in [1.165, 1.54) is 53.4 Å². The predicted molar refractivity (Wildman–Crippen MR) is 144 cm³/mol. The van der Waals surface area contributed by atoms with Crippen molar-refractivity contribution in [2.75, 3.05) is 26.2 Å². The quantitative estimate of drug-likeness (QED) is 0.489. The van der Waals surface area contributed by atoms with Crippen LogP contribution >= 0.6 is 0 Å². The van der Waals surface area contributed by atoms with Gasteiger partial charge in [0.25, 0.3) is 0 Å². The third-order valence-electron chi connectivity index (χ3n) is 7.76. The van der Waals surface area contributed by atoms with E-state index in [1.54, 1.807) is 0 Å². The first kappa shape index (κ1) is 24.0. The molecular formula is C31H39N3O. The van der Waals surface area contributed by atoms with Crippen LogP contribution in [0.3, 0.4) is 0 Å². The first-order valence-electron chi connectivity index (χ1n) is 13.4. The number of piperidine rings is 2. The maximum Gasteiger partial charge on any atom is 0.224 e. The van der Waals surface area contributed by atoms with E-state index in [0.717, 1.165) is 44.9 Å². The minimum Gasteiger partial charge on any atom is -0.352 e. The molecule has 4 nitrogen and oxygen atoms in total. The number of hydrogen-bond donors (Lipinski definition) is 1. The van der Waals surface area contributed by atoms with Gasteiger partial charge < -0.3 is 5.32 Å². The van der Waals surface area contributed by atoms with Crippen molar-refractivity contribution in [3.63, 3.8) is 0 Å². The molecular weight excluding hydrogens is 430 g/mol. The molecule has 0 aliphatic carbocycles.